The molecular weight excluding hydrogens is 370 g/mol. The number of hydrogen-bond acceptors (Lipinski definition) is 4. The fourth-order valence-corrected chi connectivity index (χ4v) is 3.95. The second-order valence-corrected chi connectivity index (χ2v) is 7.97. The number of carbonyl (C=O) groups is 1. The molecule has 3 rings (SSSR count). The number of hydrogen-bond donors (Lipinski definition) is 2. The third-order valence-corrected chi connectivity index (χ3v) is 5.58. The van der Waals surface area contributed by atoms with Crippen LogP contribution in [0.25, 0.3) is 11.4 Å². The van der Waals surface area contributed by atoms with Crippen LogP contribution in [0.2, 0.25) is 0 Å². The molecule has 0 unspecified atom stereocenters. The fourth-order valence-electron chi connectivity index (χ4n) is 3.72. The van der Waals surface area contributed by atoms with Crippen LogP contribution >= 0.6 is 12.2 Å². The Morgan fingerprint density at radius 1 is 1.21 bits per heavy atom. The van der Waals surface area contributed by atoms with E-state index in [0.29, 0.717) is 17.7 Å². The first-order valence-corrected chi connectivity index (χ1v) is 10.8. The van der Waals surface area contributed by atoms with E-state index in [9.17, 15) is 4.79 Å². The van der Waals surface area contributed by atoms with Gasteiger partial charge in [-0.1, -0.05) is 36.6 Å². The number of benzene rings is 1. The number of aromatic amines is 1. The summed E-state index contributed by atoms with van der Waals surface area (Å²) in [6.45, 7) is 6.79. The van der Waals surface area contributed by atoms with E-state index in [-0.39, 0.29) is 5.91 Å². The van der Waals surface area contributed by atoms with Crippen LogP contribution in [0.15, 0.2) is 24.3 Å². The number of aryl methyl sites for hydroxylation is 1. The minimum Gasteiger partial charge on any atom is -0.356 e. The predicted octanol–water partition coefficient (Wildman–Crippen LogP) is 3.69. The number of nitrogens with one attached hydrogen (secondary N) is 2. The average Bonchev–Trinajstić information content (AvgIpc) is 2.88. The van der Waals surface area contributed by atoms with Gasteiger partial charge in [0.1, 0.15) is 0 Å². The van der Waals surface area contributed by atoms with Crippen LogP contribution in [-0.2, 0) is 11.3 Å². The van der Waals surface area contributed by atoms with Gasteiger partial charge < -0.3 is 10.2 Å². The Morgan fingerprint density at radius 2 is 2.00 bits per heavy atom. The molecule has 152 valence electrons. The second kappa shape index (κ2) is 10.5. The quantitative estimate of drug-likeness (QED) is 0.523. The van der Waals surface area contributed by atoms with Crippen molar-refractivity contribution in [1.29, 1.82) is 0 Å². The van der Waals surface area contributed by atoms with Gasteiger partial charge in [-0.25, -0.2) is 0 Å². The van der Waals surface area contributed by atoms with E-state index in [1.165, 1.54) is 44.3 Å². The maximum Gasteiger partial charge on any atom is 0.221 e. The van der Waals surface area contributed by atoms with Crippen molar-refractivity contribution < 1.29 is 4.79 Å². The molecule has 0 spiro atoms. The molecule has 7 heteroatoms. The number of nitrogens with zero attached hydrogens (tertiary/aromatic N) is 3. The zero-order chi connectivity index (χ0) is 19.8. The number of aromatic nitrogens is 3. The van der Waals surface area contributed by atoms with Gasteiger partial charge in [0.15, 0.2) is 10.6 Å². The van der Waals surface area contributed by atoms with Gasteiger partial charge in [-0.05, 0) is 64.1 Å². The van der Waals surface area contributed by atoms with E-state index in [1.807, 2.05) is 29.7 Å². The second-order valence-electron chi connectivity index (χ2n) is 7.58. The van der Waals surface area contributed by atoms with Crippen molar-refractivity contribution >= 4 is 18.1 Å². The minimum atomic E-state index is 0.0640. The highest BCUT2D eigenvalue weighted by atomic mass is 32.1. The molecule has 1 aromatic heterocycles. The van der Waals surface area contributed by atoms with Crippen molar-refractivity contribution in [1.82, 2.24) is 25.0 Å². The van der Waals surface area contributed by atoms with Gasteiger partial charge >= 0.3 is 0 Å². The van der Waals surface area contributed by atoms with Crippen molar-refractivity contribution in [2.24, 2.45) is 0 Å². The molecule has 1 amide bonds. The molecule has 0 saturated carbocycles. The molecule has 0 radical (unpaired) electrons. The van der Waals surface area contributed by atoms with Crippen LogP contribution in [0, 0.1) is 11.7 Å². The smallest absolute Gasteiger partial charge is 0.221 e. The number of likely N-dealkylation sites (tertiary alicyclic amines) is 1. The van der Waals surface area contributed by atoms with Crippen LogP contribution in [0.5, 0.6) is 0 Å². The first kappa shape index (κ1) is 20.7. The van der Waals surface area contributed by atoms with E-state index >= 15 is 0 Å². The Kier molecular flexibility index (Phi) is 7.80. The highest BCUT2D eigenvalue weighted by Crippen LogP contribution is 2.18. The van der Waals surface area contributed by atoms with Gasteiger partial charge in [-0.3, -0.25) is 14.5 Å². The van der Waals surface area contributed by atoms with Crippen LogP contribution in [0.4, 0.5) is 0 Å². The van der Waals surface area contributed by atoms with Gasteiger partial charge in [0.05, 0.1) is 0 Å². The largest absolute Gasteiger partial charge is 0.356 e. The molecule has 2 N–H and O–H groups in total. The summed E-state index contributed by atoms with van der Waals surface area (Å²) in [6, 6.07) is 8.14. The summed E-state index contributed by atoms with van der Waals surface area (Å²) in [5, 5.41) is 10.2. The summed E-state index contributed by atoms with van der Waals surface area (Å²) in [6.07, 6.45) is 6.73. The van der Waals surface area contributed by atoms with Gasteiger partial charge in [0.25, 0.3) is 0 Å². The molecule has 0 aliphatic carbocycles. The SMILES string of the molecule is Cc1cccc(-c2n[nH]c(=S)n2CCC(=O)NCCCN2CCCCCC2)c1. The van der Waals surface area contributed by atoms with Crippen molar-refractivity contribution in [2.45, 2.75) is 52.0 Å². The minimum absolute atomic E-state index is 0.0640. The number of amides is 1. The molecule has 2 heterocycles. The van der Waals surface area contributed by atoms with Crippen LogP contribution in [0.1, 0.15) is 44.1 Å². The molecule has 1 fully saturated rings. The highest BCUT2D eigenvalue weighted by molar-refractivity contribution is 7.71. The maximum absolute atomic E-state index is 12.3. The number of rotatable bonds is 8. The lowest BCUT2D eigenvalue weighted by Gasteiger charge is -2.19. The molecule has 0 atom stereocenters. The molecule has 0 bridgehead atoms. The lowest BCUT2D eigenvalue weighted by Crippen LogP contribution is -2.31. The zero-order valence-corrected chi connectivity index (χ0v) is 17.6. The highest BCUT2D eigenvalue weighted by Gasteiger charge is 2.11. The fraction of sp³-hybridized carbons (Fsp3) is 0.571. The predicted molar refractivity (Wildman–Crippen MR) is 115 cm³/mol. The van der Waals surface area contributed by atoms with Crippen molar-refractivity contribution in [3.8, 4) is 11.4 Å². The van der Waals surface area contributed by atoms with Crippen LogP contribution in [0.3, 0.4) is 0 Å². The van der Waals surface area contributed by atoms with E-state index in [0.717, 1.165) is 30.9 Å². The molecular formula is C21H31N5OS. The monoisotopic (exact) mass is 401 g/mol. The van der Waals surface area contributed by atoms with E-state index in [1.54, 1.807) is 0 Å². The normalized spacial score (nSPS) is 15.3. The van der Waals surface area contributed by atoms with Gasteiger partial charge in [-0.2, -0.15) is 5.10 Å². The third kappa shape index (κ3) is 6.01. The summed E-state index contributed by atoms with van der Waals surface area (Å²) in [5.41, 5.74) is 2.17. The third-order valence-electron chi connectivity index (χ3n) is 5.27. The summed E-state index contributed by atoms with van der Waals surface area (Å²) < 4.78 is 2.45. The topological polar surface area (TPSA) is 66.0 Å². The molecule has 2 aromatic rings. The van der Waals surface area contributed by atoms with E-state index < -0.39 is 0 Å². The van der Waals surface area contributed by atoms with Crippen LogP contribution < -0.4 is 5.32 Å². The number of H-pyrrole nitrogens is 1. The van der Waals surface area contributed by atoms with Gasteiger partial charge in [0, 0.05) is 25.1 Å². The lowest BCUT2D eigenvalue weighted by molar-refractivity contribution is -0.121. The number of carbonyl (C=O) groups excluding carboxylic acids is 1. The van der Waals surface area contributed by atoms with Crippen LogP contribution in [-0.4, -0.2) is 51.8 Å². The molecule has 1 saturated heterocycles. The van der Waals surface area contributed by atoms with Gasteiger partial charge in [0.2, 0.25) is 5.91 Å². The Balaban J connectivity index is 1.45. The molecule has 1 aliphatic heterocycles. The average molecular weight is 402 g/mol. The Morgan fingerprint density at radius 3 is 2.75 bits per heavy atom. The summed E-state index contributed by atoms with van der Waals surface area (Å²) in [5.74, 6) is 0.844. The molecule has 6 nitrogen and oxygen atoms in total. The first-order valence-electron chi connectivity index (χ1n) is 10.3. The maximum atomic E-state index is 12.3. The van der Waals surface area contributed by atoms with Crippen molar-refractivity contribution in [3.05, 3.63) is 34.6 Å². The summed E-state index contributed by atoms with van der Waals surface area (Å²) >= 11 is 5.35. The summed E-state index contributed by atoms with van der Waals surface area (Å²) in [7, 11) is 0. The summed E-state index contributed by atoms with van der Waals surface area (Å²) in [4.78, 5) is 14.8. The van der Waals surface area contributed by atoms with E-state index in [4.69, 9.17) is 12.2 Å². The zero-order valence-electron chi connectivity index (χ0n) is 16.7. The molecule has 1 aromatic carbocycles. The van der Waals surface area contributed by atoms with E-state index in [2.05, 4.69) is 26.5 Å². The standard InChI is InChI=1S/C21H31N5OS/c1-17-8-6-9-18(16-17)20-23-24-21(28)26(20)15-10-19(27)22-11-7-14-25-12-4-2-3-5-13-25/h6,8-9,16H,2-5,7,10-15H2,1H3,(H,22,27)(H,24,28). The van der Waals surface area contributed by atoms with Crippen molar-refractivity contribution in [3.63, 3.8) is 0 Å². The Labute approximate surface area is 172 Å². The molecule has 1 aliphatic rings. The van der Waals surface area contributed by atoms with Gasteiger partial charge in [-0.15, -0.1) is 0 Å². The molecule has 28 heavy (non-hydrogen) atoms. The first-order chi connectivity index (χ1) is 13.6. The Hall–Kier alpha value is -1.99. The lowest BCUT2D eigenvalue weighted by atomic mass is 10.1. The Bertz CT molecular complexity index is 820. The van der Waals surface area contributed by atoms with Crippen molar-refractivity contribution in [2.75, 3.05) is 26.2 Å².